The fraction of sp³-hybridized carbons (Fsp3) is 0.429. The number of nitrogens with zero attached hydrogens (tertiary/aromatic N) is 4. The van der Waals surface area contributed by atoms with Crippen molar-refractivity contribution in [1.82, 2.24) is 25.5 Å². The molecule has 0 bridgehead atoms. The van der Waals surface area contributed by atoms with E-state index in [9.17, 15) is 4.79 Å². The molecule has 20 heavy (non-hydrogen) atoms. The molecule has 1 aromatic carbocycles. The molecular weight excluding hydrogens is 254 g/mol. The van der Waals surface area contributed by atoms with Gasteiger partial charge in [0.05, 0.1) is 5.69 Å². The predicted octanol–water partition coefficient (Wildman–Crippen LogP) is 1.75. The van der Waals surface area contributed by atoms with E-state index in [1.165, 1.54) is 6.33 Å². The second-order valence-corrected chi connectivity index (χ2v) is 5.26. The standard InChI is InChI=1S/C14H19N5O/c1-9(2)11(4)16-14(20)12-5-6-13(10(3)7-12)19-8-15-17-18-19/h5-9,11H,1-4H3,(H,16,20). The largest absolute Gasteiger partial charge is 0.349 e. The van der Waals surface area contributed by atoms with E-state index < -0.39 is 0 Å². The van der Waals surface area contributed by atoms with Gasteiger partial charge in [-0.2, -0.15) is 0 Å². The Bertz CT molecular complexity index is 592. The number of amides is 1. The Morgan fingerprint density at radius 3 is 2.60 bits per heavy atom. The lowest BCUT2D eigenvalue weighted by atomic mass is 10.0. The van der Waals surface area contributed by atoms with E-state index >= 15 is 0 Å². The van der Waals surface area contributed by atoms with Crippen molar-refractivity contribution in [2.24, 2.45) is 5.92 Å². The molecule has 0 aliphatic heterocycles. The molecule has 6 heteroatoms. The molecule has 2 rings (SSSR count). The van der Waals surface area contributed by atoms with Crippen molar-refractivity contribution in [2.45, 2.75) is 33.7 Å². The van der Waals surface area contributed by atoms with Crippen molar-refractivity contribution in [3.63, 3.8) is 0 Å². The number of nitrogens with one attached hydrogen (secondary N) is 1. The molecule has 0 spiro atoms. The van der Waals surface area contributed by atoms with E-state index in [0.29, 0.717) is 11.5 Å². The molecule has 1 heterocycles. The van der Waals surface area contributed by atoms with Gasteiger partial charge < -0.3 is 5.32 Å². The van der Waals surface area contributed by atoms with Gasteiger partial charge in [-0.05, 0) is 54.0 Å². The molecule has 1 amide bonds. The van der Waals surface area contributed by atoms with Crippen LogP contribution >= 0.6 is 0 Å². The fourth-order valence-electron chi connectivity index (χ4n) is 1.78. The van der Waals surface area contributed by atoms with Crippen molar-refractivity contribution >= 4 is 5.91 Å². The summed E-state index contributed by atoms with van der Waals surface area (Å²) in [6, 6.07) is 5.62. The SMILES string of the molecule is Cc1cc(C(=O)NC(C)C(C)C)ccc1-n1cnnn1. The Morgan fingerprint density at radius 2 is 2.05 bits per heavy atom. The number of hydrogen-bond acceptors (Lipinski definition) is 4. The van der Waals surface area contributed by atoms with Gasteiger partial charge in [0.15, 0.2) is 0 Å². The average molecular weight is 273 g/mol. The monoisotopic (exact) mass is 273 g/mol. The highest BCUT2D eigenvalue weighted by molar-refractivity contribution is 5.94. The van der Waals surface area contributed by atoms with Crippen molar-refractivity contribution in [3.05, 3.63) is 35.7 Å². The number of aromatic nitrogens is 4. The van der Waals surface area contributed by atoms with Gasteiger partial charge in [-0.3, -0.25) is 4.79 Å². The minimum Gasteiger partial charge on any atom is -0.349 e. The van der Waals surface area contributed by atoms with Gasteiger partial charge in [0.1, 0.15) is 6.33 Å². The van der Waals surface area contributed by atoms with Crippen LogP contribution in [0, 0.1) is 12.8 Å². The Kier molecular flexibility index (Phi) is 4.12. The van der Waals surface area contributed by atoms with Crippen LogP contribution in [-0.4, -0.2) is 32.2 Å². The molecule has 1 N–H and O–H groups in total. The summed E-state index contributed by atoms with van der Waals surface area (Å²) in [5, 5.41) is 14.1. The smallest absolute Gasteiger partial charge is 0.251 e. The Hall–Kier alpha value is -2.24. The van der Waals surface area contributed by atoms with E-state index in [-0.39, 0.29) is 11.9 Å². The molecule has 0 aliphatic carbocycles. The zero-order valence-corrected chi connectivity index (χ0v) is 12.2. The molecule has 0 saturated carbocycles. The summed E-state index contributed by atoms with van der Waals surface area (Å²) in [6.07, 6.45) is 1.53. The van der Waals surface area contributed by atoms with Crippen LogP contribution in [0.1, 0.15) is 36.7 Å². The quantitative estimate of drug-likeness (QED) is 0.921. The van der Waals surface area contributed by atoms with Crippen molar-refractivity contribution < 1.29 is 4.79 Å². The molecule has 106 valence electrons. The Morgan fingerprint density at radius 1 is 1.30 bits per heavy atom. The fourth-order valence-corrected chi connectivity index (χ4v) is 1.78. The normalized spacial score (nSPS) is 12.4. The van der Waals surface area contributed by atoms with E-state index in [2.05, 4.69) is 34.7 Å². The highest BCUT2D eigenvalue weighted by Gasteiger charge is 2.13. The van der Waals surface area contributed by atoms with Crippen LogP contribution in [0.2, 0.25) is 0 Å². The summed E-state index contributed by atoms with van der Waals surface area (Å²) < 4.78 is 1.58. The van der Waals surface area contributed by atoms with Crippen molar-refractivity contribution in [2.75, 3.05) is 0 Å². The second kappa shape index (κ2) is 5.81. The molecule has 2 aromatic rings. The summed E-state index contributed by atoms with van der Waals surface area (Å²) in [6.45, 7) is 8.10. The first-order chi connectivity index (χ1) is 9.49. The highest BCUT2D eigenvalue weighted by atomic mass is 16.1. The molecule has 1 aromatic heterocycles. The third kappa shape index (κ3) is 3.01. The van der Waals surface area contributed by atoms with Gasteiger partial charge in [-0.1, -0.05) is 13.8 Å². The predicted molar refractivity (Wildman–Crippen MR) is 75.7 cm³/mol. The molecule has 0 aliphatic rings. The Balaban J connectivity index is 2.19. The lowest BCUT2D eigenvalue weighted by Gasteiger charge is -2.17. The van der Waals surface area contributed by atoms with E-state index in [0.717, 1.165) is 11.3 Å². The number of benzene rings is 1. The van der Waals surface area contributed by atoms with Crippen LogP contribution in [0.5, 0.6) is 0 Å². The van der Waals surface area contributed by atoms with Crippen molar-refractivity contribution in [1.29, 1.82) is 0 Å². The summed E-state index contributed by atoms with van der Waals surface area (Å²) >= 11 is 0. The first kappa shape index (κ1) is 14.2. The number of tetrazole rings is 1. The Labute approximate surface area is 118 Å². The lowest BCUT2D eigenvalue weighted by Crippen LogP contribution is -2.36. The van der Waals surface area contributed by atoms with Gasteiger partial charge >= 0.3 is 0 Å². The number of carbonyl (C=O) groups is 1. The zero-order chi connectivity index (χ0) is 14.7. The van der Waals surface area contributed by atoms with Crippen LogP contribution in [0.25, 0.3) is 5.69 Å². The molecular formula is C14H19N5O. The van der Waals surface area contributed by atoms with Crippen LogP contribution in [0.3, 0.4) is 0 Å². The summed E-state index contributed by atoms with van der Waals surface area (Å²) in [5.74, 6) is 0.345. The van der Waals surface area contributed by atoms with Gasteiger partial charge in [-0.25, -0.2) is 4.68 Å². The molecule has 0 saturated heterocycles. The molecule has 1 unspecified atom stereocenters. The third-order valence-electron chi connectivity index (χ3n) is 3.41. The van der Waals surface area contributed by atoms with E-state index in [4.69, 9.17) is 0 Å². The van der Waals surface area contributed by atoms with Crippen LogP contribution in [0.15, 0.2) is 24.5 Å². The maximum Gasteiger partial charge on any atom is 0.251 e. The van der Waals surface area contributed by atoms with Crippen LogP contribution in [0.4, 0.5) is 0 Å². The summed E-state index contributed by atoms with van der Waals surface area (Å²) in [5.41, 5.74) is 2.46. The number of rotatable bonds is 4. The van der Waals surface area contributed by atoms with Gasteiger partial charge in [0, 0.05) is 11.6 Å². The average Bonchev–Trinajstić information content (AvgIpc) is 2.92. The minimum absolute atomic E-state index is 0.0578. The molecule has 0 fully saturated rings. The summed E-state index contributed by atoms with van der Waals surface area (Å²) in [4.78, 5) is 12.2. The van der Waals surface area contributed by atoms with Gasteiger partial charge in [0.2, 0.25) is 0 Å². The van der Waals surface area contributed by atoms with Crippen molar-refractivity contribution in [3.8, 4) is 5.69 Å². The van der Waals surface area contributed by atoms with Crippen LogP contribution < -0.4 is 5.32 Å². The van der Waals surface area contributed by atoms with E-state index in [1.807, 2.05) is 26.0 Å². The van der Waals surface area contributed by atoms with Gasteiger partial charge in [-0.15, -0.1) is 5.10 Å². The highest BCUT2D eigenvalue weighted by Crippen LogP contribution is 2.15. The number of carbonyl (C=O) groups excluding carboxylic acids is 1. The first-order valence-electron chi connectivity index (χ1n) is 6.64. The van der Waals surface area contributed by atoms with E-state index in [1.54, 1.807) is 10.7 Å². The number of hydrogen-bond donors (Lipinski definition) is 1. The summed E-state index contributed by atoms with van der Waals surface area (Å²) in [7, 11) is 0. The lowest BCUT2D eigenvalue weighted by molar-refractivity contribution is 0.0930. The molecule has 1 atom stereocenters. The topological polar surface area (TPSA) is 72.7 Å². The molecule has 6 nitrogen and oxygen atoms in total. The van der Waals surface area contributed by atoms with Crippen LogP contribution in [-0.2, 0) is 0 Å². The maximum absolute atomic E-state index is 12.2. The number of aryl methyl sites for hydroxylation is 1. The second-order valence-electron chi connectivity index (χ2n) is 5.26. The minimum atomic E-state index is -0.0578. The zero-order valence-electron chi connectivity index (χ0n) is 12.2. The maximum atomic E-state index is 12.2. The third-order valence-corrected chi connectivity index (χ3v) is 3.41. The van der Waals surface area contributed by atoms with Gasteiger partial charge in [0.25, 0.3) is 5.91 Å². The first-order valence-corrected chi connectivity index (χ1v) is 6.64. The molecule has 0 radical (unpaired) electrons.